The van der Waals surface area contributed by atoms with Gasteiger partial charge in [-0.1, -0.05) is 39.3 Å². The van der Waals surface area contributed by atoms with Gasteiger partial charge in [-0.3, -0.25) is 0 Å². The van der Waals surface area contributed by atoms with Crippen molar-refractivity contribution in [2.75, 3.05) is 0 Å². The lowest BCUT2D eigenvalue weighted by Crippen LogP contribution is -2.62. The topological polar surface area (TPSA) is 18.5 Å². The van der Waals surface area contributed by atoms with Crippen molar-refractivity contribution in [2.45, 2.75) is 96.8 Å². The van der Waals surface area contributed by atoms with Gasteiger partial charge in [-0.05, 0) is 69.9 Å². The zero-order valence-corrected chi connectivity index (χ0v) is 20.5. The zero-order chi connectivity index (χ0) is 18.4. The molecule has 5 heteroatoms. The fourth-order valence-electron chi connectivity index (χ4n) is 4.52. The Labute approximate surface area is 153 Å². The molecule has 0 aromatic rings. The quantitative estimate of drug-likeness (QED) is 0.389. The van der Waals surface area contributed by atoms with E-state index in [0.717, 1.165) is 0 Å². The maximum atomic E-state index is 7.15. The summed E-state index contributed by atoms with van der Waals surface area (Å²) < 4.78 is 14.3. The van der Waals surface area contributed by atoms with Crippen molar-refractivity contribution in [3.05, 3.63) is 12.2 Å². The predicted molar refractivity (Wildman–Crippen MR) is 113 cm³/mol. The summed E-state index contributed by atoms with van der Waals surface area (Å²) in [6.45, 7) is 21.3. The summed E-state index contributed by atoms with van der Waals surface area (Å²) in [5.41, 5.74) is 1.50. The van der Waals surface area contributed by atoms with Gasteiger partial charge in [0.05, 0.1) is 0 Å². The molecular formula is C19H40O2Si3. The molecule has 3 rings (SSSR count). The number of hydrogen-bond acceptors (Lipinski definition) is 2. The van der Waals surface area contributed by atoms with Gasteiger partial charge in [-0.15, -0.1) is 0 Å². The summed E-state index contributed by atoms with van der Waals surface area (Å²) in [4.78, 5) is 0. The number of fused-ring (bicyclic) bond motifs is 3. The number of rotatable bonds is 5. The molecule has 2 aliphatic heterocycles. The molecule has 2 nitrogen and oxygen atoms in total. The van der Waals surface area contributed by atoms with E-state index in [4.69, 9.17) is 8.23 Å². The first kappa shape index (κ1) is 20.6. The molecule has 0 spiro atoms. The highest BCUT2D eigenvalue weighted by Crippen LogP contribution is 2.56. The van der Waals surface area contributed by atoms with E-state index >= 15 is 0 Å². The predicted octanol–water partition coefficient (Wildman–Crippen LogP) is 6.68. The molecule has 1 aliphatic carbocycles. The maximum absolute atomic E-state index is 7.15. The van der Waals surface area contributed by atoms with E-state index in [2.05, 4.69) is 72.2 Å². The summed E-state index contributed by atoms with van der Waals surface area (Å²) in [7, 11) is -5.62. The Kier molecular flexibility index (Phi) is 5.84. The van der Waals surface area contributed by atoms with Gasteiger partial charge in [0, 0.05) is 11.1 Å². The molecule has 1 fully saturated rings. The first-order chi connectivity index (χ1) is 10.7. The highest BCUT2D eigenvalue weighted by atomic mass is 28.5. The lowest BCUT2D eigenvalue weighted by molar-refractivity contribution is 0.266. The minimum absolute atomic E-state index is 0.326. The van der Waals surface area contributed by atoms with E-state index in [9.17, 15) is 0 Å². The van der Waals surface area contributed by atoms with Crippen molar-refractivity contribution < 1.29 is 8.23 Å². The summed E-state index contributed by atoms with van der Waals surface area (Å²) in [6.07, 6.45) is 10.2. The fourth-order valence-corrected chi connectivity index (χ4v) is 18.4. The molecule has 0 N–H and O–H groups in total. The van der Waals surface area contributed by atoms with Crippen LogP contribution in [0.25, 0.3) is 0 Å². The van der Waals surface area contributed by atoms with Gasteiger partial charge in [0.2, 0.25) is 0 Å². The Balaban J connectivity index is 2.53. The molecule has 1 saturated heterocycles. The largest absolute Gasteiger partial charge is 0.436 e. The van der Waals surface area contributed by atoms with Crippen LogP contribution in [0.15, 0.2) is 12.2 Å². The van der Waals surface area contributed by atoms with E-state index < -0.39 is 25.2 Å². The minimum Gasteiger partial charge on any atom is -0.436 e. The van der Waals surface area contributed by atoms with Crippen LogP contribution in [0, 0.1) is 11.3 Å². The first-order valence-corrected chi connectivity index (χ1v) is 18.6. The van der Waals surface area contributed by atoms with Gasteiger partial charge in [-0.25, -0.2) is 0 Å². The van der Waals surface area contributed by atoms with Crippen molar-refractivity contribution in [3.8, 4) is 0 Å². The Hall–Kier alpha value is 0.311. The molecule has 0 saturated carbocycles. The van der Waals surface area contributed by atoms with Crippen molar-refractivity contribution in [1.82, 2.24) is 0 Å². The lowest BCUT2D eigenvalue weighted by atomic mass is 9.85. The summed E-state index contributed by atoms with van der Waals surface area (Å²) >= 11 is 0. The van der Waals surface area contributed by atoms with Crippen molar-refractivity contribution in [1.29, 1.82) is 0 Å². The van der Waals surface area contributed by atoms with Crippen LogP contribution in [0.1, 0.15) is 46.5 Å². The van der Waals surface area contributed by atoms with Crippen molar-refractivity contribution >= 4 is 25.2 Å². The molecule has 0 amide bonds. The molecule has 3 atom stereocenters. The highest BCUT2D eigenvalue weighted by molar-refractivity contribution is 6.89. The Morgan fingerprint density at radius 2 is 1.46 bits per heavy atom. The van der Waals surface area contributed by atoms with Gasteiger partial charge in [0.15, 0.2) is 16.6 Å². The second-order valence-corrected chi connectivity index (χ2v) is 24.1. The van der Waals surface area contributed by atoms with Crippen LogP contribution in [0.3, 0.4) is 0 Å². The standard InChI is InChI=1S/C19H40O2Si3/c1-19(2,3)15-18-16-11-10-12-17(14-13-16)24(18,20-22(4,5)6)21-23(7,8)9/h13-14,16-18H,10-12,15H2,1-9H3/t16-,17+,18+/m1/s1. The van der Waals surface area contributed by atoms with E-state index in [1.54, 1.807) is 0 Å². The average molecular weight is 385 g/mol. The molecule has 24 heavy (non-hydrogen) atoms. The van der Waals surface area contributed by atoms with Crippen LogP contribution in [0.2, 0.25) is 50.4 Å². The van der Waals surface area contributed by atoms with Gasteiger partial charge in [-0.2, -0.15) is 0 Å². The van der Waals surface area contributed by atoms with Crippen molar-refractivity contribution in [3.63, 3.8) is 0 Å². The average Bonchev–Trinajstić information content (AvgIpc) is 2.60. The molecule has 3 aliphatic rings. The summed E-state index contributed by atoms with van der Waals surface area (Å²) in [6, 6.07) is 0. The van der Waals surface area contributed by atoms with Crippen LogP contribution < -0.4 is 0 Å². The maximum Gasteiger partial charge on any atom is 0.328 e. The first-order valence-electron chi connectivity index (χ1n) is 9.81. The van der Waals surface area contributed by atoms with Crippen LogP contribution in [0.4, 0.5) is 0 Å². The van der Waals surface area contributed by atoms with Crippen LogP contribution in [0.5, 0.6) is 0 Å². The molecular weight excluding hydrogens is 344 g/mol. The third kappa shape index (κ3) is 5.16. The molecule has 140 valence electrons. The second-order valence-electron chi connectivity index (χ2n) is 11.1. The molecule has 0 unspecified atom stereocenters. The Morgan fingerprint density at radius 3 is 1.92 bits per heavy atom. The van der Waals surface area contributed by atoms with Gasteiger partial charge < -0.3 is 8.23 Å². The smallest absolute Gasteiger partial charge is 0.328 e. The molecule has 0 aromatic carbocycles. The lowest BCUT2D eigenvalue weighted by Gasteiger charge is -2.52. The third-order valence-corrected chi connectivity index (χ3v) is 15.6. The molecule has 2 bridgehead atoms. The number of allylic oxidation sites excluding steroid dienone is 2. The van der Waals surface area contributed by atoms with Gasteiger partial charge in [0.1, 0.15) is 0 Å². The highest BCUT2D eigenvalue weighted by Gasteiger charge is 2.60. The van der Waals surface area contributed by atoms with Crippen LogP contribution >= 0.6 is 0 Å². The van der Waals surface area contributed by atoms with E-state index in [0.29, 0.717) is 22.4 Å². The molecule has 0 radical (unpaired) electrons. The zero-order valence-electron chi connectivity index (χ0n) is 17.5. The van der Waals surface area contributed by atoms with E-state index in [-0.39, 0.29) is 0 Å². The van der Waals surface area contributed by atoms with Gasteiger partial charge in [0.25, 0.3) is 0 Å². The van der Waals surface area contributed by atoms with Crippen LogP contribution in [-0.4, -0.2) is 25.2 Å². The Morgan fingerprint density at radius 1 is 0.917 bits per heavy atom. The van der Waals surface area contributed by atoms with E-state index in [1.807, 2.05) is 0 Å². The number of hydrogen-bond donors (Lipinski definition) is 0. The monoisotopic (exact) mass is 384 g/mol. The molecule has 2 heterocycles. The normalized spacial score (nSPS) is 30.5. The van der Waals surface area contributed by atoms with Crippen LogP contribution in [-0.2, 0) is 8.23 Å². The Bertz CT molecular complexity index is 452. The third-order valence-electron chi connectivity index (χ3n) is 4.96. The molecule has 0 aromatic heterocycles. The van der Waals surface area contributed by atoms with E-state index in [1.165, 1.54) is 25.7 Å². The van der Waals surface area contributed by atoms with Gasteiger partial charge >= 0.3 is 8.56 Å². The van der Waals surface area contributed by atoms with Crippen molar-refractivity contribution in [2.24, 2.45) is 11.3 Å². The second kappa shape index (κ2) is 6.80. The summed E-state index contributed by atoms with van der Waals surface area (Å²) in [5, 5.41) is 0. The minimum atomic E-state index is -2.29. The fraction of sp³-hybridized carbons (Fsp3) is 0.895. The summed E-state index contributed by atoms with van der Waals surface area (Å²) in [5.74, 6) is 0.669. The SMILES string of the molecule is CC(C)(C)C[C@H]1[C@H]2C=C[C@H](CCC2)[Si]1(O[Si](C)(C)C)O[Si](C)(C)C.